The van der Waals surface area contributed by atoms with Gasteiger partial charge in [0.25, 0.3) is 0 Å². The Bertz CT molecular complexity index is 1330. The van der Waals surface area contributed by atoms with E-state index in [9.17, 15) is 9.59 Å². The summed E-state index contributed by atoms with van der Waals surface area (Å²) in [5, 5.41) is 1.01. The van der Waals surface area contributed by atoms with Crippen molar-refractivity contribution < 1.29 is 19.1 Å². The molecule has 1 N–H and O–H groups in total. The van der Waals surface area contributed by atoms with Gasteiger partial charge < -0.3 is 14.5 Å². The van der Waals surface area contributed by atoms with Gasteiger partial charge in [0.05, 0.1) is 12.7 Å². The number of aromatic amines is 1. The molecule has 0 radical (unpaired) electrons. The molecule has 0 saturated heterocycles. The lowest BCUT2D eigenvalue weighted by atomic mass is 9.97. The number of aryl methyl sites for hydroxylation is 2. The number of hydrogen-bond acceptors (Lipinski definition) is 4. The maximum absolute atomic E-state index is 12.5. The van der Waals surface area contributed by atoms with Crippen LogP contribution in [-0.2, 0) is 20.9 Å². The number of hydrogen-bond donors (Lipinski definition) is 1. The standard InChI is InChI=1S/C28H25NO4/c1-18-13-23(14-19(2)24(18)11-12-27(30)32-3)26-15-21-9-10-22(16-25(21)29-26)28(31)33-17-20-7-5-4-6-8-20/h4-16,29H,17H2,1-3H3/b12-11+. The maximum atomic E-state index is 12.5. The Morgan fingerprint density at radius 3 is 2.36 bits per heavy atom. The number of benzene rings is 3. The first-order chi connectivity index (χ1) is 15.9. The predicted octanol–water partition coefficient (Wildman–Crippen LogP) is 5.99. The van der Waals surface area contributed by atoms with Crippen molar-refractivity contribution in [3.63, 3.8) is 0 Å². The number of nitrogens with one attached hydrogen (secondary N) is 1. The van der Waals surface area contributed by atoms with Crippen molar-refractivity contribution in [2.45, 2.75) is 20.5 Å². The lowest BCUT2D eigenvalue weighted by molar-refractivity contribution is -0.134. The van der Waals surface area contributed by atoms with Gasteiger partial charge in [0.15, 0.2) is 0 Å². The smallest absolute Gasteiger partial charge is 0.338 e. The Morgan fingerprint density at radius 2 is 1.67 bits per heavy atom. The van der Waals surface area contributed by atoms with Crippen molar-refractivity contribution >= 4 is 28.9 Å². The lowest BCUT2D eigenvalue weighted by Crippen LogP contribution is -2.05. The largest absolute Gasteiger partial charge is 0.466 e. The molecule has 0 bridgehead atoms. The van der Waals surface area contributed by atoms with Crippen LogP contribution in [0.2, 0.25) is 0 Å². The molecule has 166 valence electrons. The minimum absolute atomic E-state index is 0.239. The minimum atomic E-state index is -0.383. The van der Waals surface area contributed by atoms with Gasteiger partial charge in [-0.15, -0.1) is 0 Å². The van der Waals surface area contributed by atoms with E-state index >= 15 is 0 Å². The molecule has 0 amide bonds. The van der Waals surface area contributed by atoms with E-state index in [1.54, 1.807) is 12.1 Å². The summed E-state index contributed by atoms with van der Waals surface area (Å²) < 4.78 is 10.1. The first-order valence-electron chi connectivity index (χ1n) is 10.7. The van der Waals surface area contributed by atoms with Crippen LogP contribution in [0.4, 0.5) is 0 Å². The number of carbonyl (C=O) groups is 2. The van der Waals surface area contributed by atoms with E-state index in [0.29, 0.717) is 5.56 Å². The fourth-order valence-electron chi connectivity index (χ4n) is 3.83. The molecule has 0 aliphatic rings. The van der Waals surface area contributed by atoms with Crippen LogP contribution in [0.1, 0.15) is 32.6 Å². The Labute approximate surface area is 192 Å². The van der Waals surface area contributed by atoms with Gasteiger partial charge in [-0.3, -0.25) is 0 Å². The topological polar surface area (TPSA) is 68.4 Å². The Kier molecular flexibility index (Phi) is 6.41. The van der Waals surface area contributed by atoms with Gasteiger partial charge in [-0.1, -0.05) is 36.4 Å². The molecule has 0 unspecified atom stereocenters. The lowest BCUT2D eigenvalue weighted by Gasteiger charge is -2.09. The van der Waals surface area contributed by atoms with Gasteiger partial charge in [-0.05, 0) is 78.1 Å². The molecule has 4 rings (SSSR count). The molecular formula is C28H25NO4. The number of esters is 2. The van der Waals surface area contributed by atoms with E-state index < -0.39 is 0 Å². The molecule has 5 nitrogen and oxygen atoms in total. The van der Waals surface area contributed by atoms with E-state index in [4.69, 9.17) is 4.74 Å². The fraction of sp³-hybridized carbons (Fsp3) is 0.143. The number of H-pyrrole nitrogens is 1. The van der Waals surface area contributed by atoms with Crippen LogP contribution in [0, 0.1) is 13.8 Å². The Balaban J connectivity index is 1.56. The Morgan fingerprint density at radius 1 is 0.939 bits per heavy atom. The number of carbonyl (C=O) groups excluding carboxylic acids is 2. The molecule has 0 aliphatic heterocycles. The summed E-state index contributed by atoms with van der Waals surface area (Å²) in [6, 6.07) is 21.3. The van der Waals surface area contributed by atoms with Crippen molar-refractivity contribution in [3.8, 4) is 11.3 Å². The first kappa shape index (κ1) is 22.1. The molecule has 0 saturated carbocycles. The summed E-state index contributed by atoms with van der Waals surface area (Å²) in [5.41, 5.74) is 7.39. The summed E-state index contributed by atoms with van der Waals surface area (Å²) >= 11 is 0. The van der Waals surface area contributed by atoms with Crippen molar-refractivity contribution in [1.29, 1.82) is 0 Å². The highest BCUT2D eigenvalue weighted by atomic mass is 16.5. The number of fused-ring (bicyclic) bond motifs is 1. The van der Waals surface area contributed by atoms with Gasteiger partial charge >= 0.3 is 11.9 Å². The summed E-state index contributed by atoms with van der Waals surface area (Å²) in [7, 11) is 1.36. The molecule has 5 heteroatoms. The summed E-state index contributed by atoms with van der Waals surface area (Å²) in [4.78, 5) is 27.4. The van der Waals surface area contributed by atoms with Crippen molar-refractivity contribution in [1.82, 2.24) is 4.98 Å². The molecule has 0 aliphatic carbocycles. The second kappa shape index (κ2) is 9.57. The van der Waals surface area contributed by atoms with Gasteiger partial charge in [-0.2, -0.15) is 0 Å². The number of methoxy groups -OCH3 is 1. The normalized spacial score (nSPS) is 11.1. The van der Waals surface area contributed by atoms with Crippen LogP contribution >= 0.6 is 0 Å². The molecular weight excluding hydrogens is 414 g/mol. The van der Waals surface area contributed by atoms with Crippen LogP contribution in [0.25, 0.3) is 28.2 Å². The molecule has 3 aromatic carbocycles. The first-order valence-corrected chi connectivity index (χ1v) is 10.7. The van der Waals surface area contributed by atoms with Crippen LogP contribution < -0.4 is 0 Å². The average Bonchev–Trinajstić information content (AvgIpc) is 3.26. The molecule has 33 heavy (non-hydrogen) atoms. The third-order valence-electron chi connectivity index (χ3n) is 5.56. The highest BCUT2D eigenvalue weighted by Gasteiger charge is 2.12. The molecule has 0 spiro atoms. The van der Waals surface area contributed by atoms with Gasteiger partial charge in [-0.25, -0.2) is 9.59 Å². The van der Waals surface area contributed by atoms with Crippen LogP contribution in [0.5, 0.6) is 0 Å². The fourth-order valence-corrected chi connectivity index (χ4v) is 3.83. The summed E-state index contributed by atoms with van der Waals surface area (Å²) in [6.07, 6.45) is 3.20. The number of aromatic nitrogens is 1. The molecule has 4 aromatic rings. The Hall–Kier alpha value is -4.12. The van der Waals surface area contributed by atoms with Crippen molar-refractivity contribution in [3.05, 3.63) is 101 Å². The number of ether oxygens (including phenoxy) is 2. The zero-order chi connectivity index (χ0) is 23.4. The summed E-state index contributed by atoms with van der Waals surface area (Å²) in [6.45, 7) is 4.26. The highest BCUT2D eigenvalue weighted by molar-refractivity contribution is 5.96. The average molecular weight is 440 g/mol. The van der Waals surface area contributed by atoms with Crippen LogP contribution in [0.15, 0.2) is 72.8 Å². The minimum Gasteiger partial charge on any atom is -0.466 e. The third kappa shape index (κ3) is 5.04. The van der Waals surface area contributed by atoms with Gasteiger partial charge in [0.2, 0.25) is 0 Å². The van der Waals surface area contributed by atoms with Crippen LogP contribution in [0.3, 0.4) is 0 Å². The molecule has 0 atom stereocenters. The van der Waals surface area contributed by atoms with E-state index in [2.05, 4.69) is 27.9 Å². The van der Waals surface area contributed by atoms with E-state index in [0.717, 1.165) is 44.4 Å². The molecule has 0 fully saturated rings. The van der Waals surface area contributed by atoms with Gasteiger partial charge in [0.1, 0.15) is 6.61 Å². The number of rotatable bonds is 6. The zero-order valence-electron chi connectivity index (χ0n) is 18.8. The van der Waals surface area contributed by atoms with E-state index in [1.807, 2.05) is 56.3 Å². The monoisotopic (exact) mass is 439 g/mol. The van der Waals surface area contributed by atoms with E-state index in [-0.39, 0.29) is 18.5 Å². The highest BCUT2D eigenvalue weighted by Crippen LogP contribution is 2.29. The van der Waals surface area contributed by atoms with Gasteiger partial charge in [0, 0.05) is 22.7 Å². The van der Waals surface area contributed by atoms with Crippen molar-refractivity contribution in [2.75, 3.05) is 7.11 Å². The quantitative estimate of drug-likeness (QED) is 0.296. The summed E-state index contributed by atoms with van der Waals surface area (Å²) in [5.74, 6) is -0.739. The molecule has 1 aromatic heterocycles. The zero-order valence-corrected chi connectivity index (χ0v) is 18.8. The third-order valence-corrected chi connectivity index (χ3v) is 5.56. The maximum Gasteiger partial charge on any atom is 0.338 e. The van der Waals surface area contributed by atoms with E-state index in [1.165, 1.54) is 13.2 Å². The predicted molar refractivity (Wildman–Crippen MR) is 130 cm³/mol. The van der Waals surface area contributed by atoms with Crippen molar-refractivity contribution in [2.24, 2.45) is 0 Å². The SMILES string of the molecule is COC(=O)/C=C/c1c(C)cc(-c2cc3ccc(C(=O)OCc4ccccc4)cc3[nH]2)cc1C. The van der Waals surface area contributed by atoms with Crippen LogP contribution in [-0.4, -0.2) is 24.0 Å². The molecule has 1 heterocycles. The second-order valence-corrected chi connectivity index (χ2v) is 7.93. The second-order valence-electron chi connectivity index (χ2n) is 7.93.